The summed E-state index contributed by atoms with van der Waals surface area (Å²) in [5.41, 5.74) is 0. The molecule has 0 bridgehead atoms. The first-order valence-electron chi connectivity index (χ1n) is 18.8. The predicted molar refractivity (Wildman–Crippen MR) is 186 cm³/mol. The van der Waals surface area contributed by atoms with Crippen molar-refractivity contribution in [3.63, 3.8) is 0 Å². The Kier molecular flexibility index (Phi) is 31.0. The van der Waals surface area contributed by atoms with Gasteiger partial charge in [0.25, 0.3) is 0 Å². The summed E-state index contributed by atoms with van der Waals surface area (Å²) >= 11 is 0. The molecule has 2 atom stereocenters. The van der Waals surface area contributed by atoms with E-state index in [2.05, 4.69) is 65.8 Å². The maximum Gasteiger partial charge on any atom is -0.0320 e. The fraction of sp³-hybridized carbons (Fsp3) is 0.900. The van der Waals surface area contributed by atoms with Crippen LogP contribution in [0.15, 0.2) is 24.3 Å². The van der Waals surface area contributed by atoms with Crippen LogP contribution in [0.25, 0.3) is 0 Å². The van der Waals surface area contributed by atoms with Crippen LogP contribution in [0.1, 0.15) is 208 Å². The van der Waals surface area contributed by atoms with E-state index in [1.807, 2.05) is 0 Å². The highest BCUT2D eigenvalue weighted by molar-refractivity contribution is 4.88. The molecule has 0 heterocycles. The molecule has 0 radical (unpaired) electrons. The van der Waals surface area contributed by atoms with E-state index in [1.165, 1.54) is 167 Å². The minimum Gasteiger partial charge on any atom is -0.0885 e. The fourth-order valence-corrected chi connectivity index (χ4v) is 6.28. The molecule has 0 N–H and O–H groups in total. The predicted octanol–water partition coefficient (Wildman–Crippen LogP) is 14.8. The normalized spacial score (nSPS) is 13.9. The van der Waals surface area contributed by atoms with Crippen LogP contribution in [0.3, 0.4) is 0 Å². The van der Waals surface area contributed by atoms with Gasteiger partial charge in [0.2, 0.25) is 0 Å². The van der Waals surface area contributed by atoms with Crippen molar-refractivity contribution in [1.82, 2.24) is 0 Å². The molecule has 0 amide bonds. The maximum absolute atomic E-state index is 2.59. The lowest BCUT2D eigenvalue weighted by Gasteiger charge is -2.27. The molecular weight excluding hydrogens is 480 g/mol. The van der Waals surface area contributed by atoms with Crippen molar-refractivity contribution in [2.24, 2.45) is 23.7 Å². The molecule has 0 aliphatic rings. The first kappa shape index (κ1) is 39.5. The average Bonchev–Trinajstić information content (AvgIpc) is 2.92. The van der Waals surface area contributed by atoms with Crippen molar-refractivity contribution in [3.8, 4) is 0 Å². The van der Waals surface area contributed by atoms with Crippen molar-refractivity contribution >= 4 is 0 Å². The van der Waals surface area contributed by atoms with E-state index in [0.29, 0.717) is 0 Å². The molecule has 0 fully saturated rings. The standard InChI is InChI=1S/C40H78/c1-7-9-11-13-15-22-28-34-40(36-30-24-18-20-26-32-38(5)6)39(33-27-21-14-12-10-8-2)35-29-23-17-16-19-25-31-37(3)4/h15,21-22,27,37-40H,7-14,16-20,23-26,28-36H2,1-6H3/b22-15-,27-21-. The van der Waals surface area contributed by atoms with Gasteiger partial charge in [-0.1, -0.05) is 181 Å². The van der Waals surface area contributed by atoms with Gasteiger partial charge in [-0.15, -0.1) is 0 Å². The van der Waals surface area contributed by atoms with Crippen molar-refractivity contribution in [1.29, 1.82) is 0 Å². The van der Waals surface area contributed by atoms with E-state index in [0.717, 1.165) is 23.7 Å². The smallest absolute Gasteiger partial charge is 0.0320 e. The minimum atomic E-state index is 0.871. The van der Waals surface area contributed by atoms with E-state index in [9.17, 15) is 0 Å². The van der Waals surface area contributed by atoms with Crippen LogP contribution in [0, 0.1) is 23.7 Å². The molecule has 0 heteroatoms. The third kappa shape index (κ3) is 29.0. The zero-order valence-corrected chi connectivity index (χ0v) is 29.0. The van der Waals surface area contributed by atoms with Crippen LogP contribution >= 0.6 is 0 Å². The van der Waals surface area contributed by atoms with Crippen molar-refractivity contribution < 1.29 is 0 Å². The van der Waals surface area contributed by atoms with Crippen LogP contribution in [0.4, 0.5) is 0 Å². The summed E-state index contributed by atoms with van der Waals surface area (Å²) in [6.07, 6.45) is 46.7. The summed E-state index contributed by atoms with van der Waals surface area (Å²) in [6, 6.07) is 0. The Balaban J connectivity index is 4.88. The Morgan fingerprint density at radius 3 is 1.23 bits per heavy atom. The molecule has 0 aliphatic heterocycles. The van der Waals surface area contributed by atoms with E-state index in [1.54, 1.807) is 0 Å². The summed E-state index contributed by atoms with van der Waals surface area (Å²) < 4.78 is 0. The van der Waals surface area contributed by atoms with Crippen LogP contribution in [0.2, 0.25) is 0 Å². The maximum atomic E-state index is 2.59. The van der Waals surface area contributed by atoms with Crippen molar-refractivity contribution in [2.45, 2.75) is 208 Å². The third-order valence-electron chi connectivity index (χ3n) is 9.05. The number of hydrogen-bond acceptors (Lipinski definition) is 0. The molecule has 2 unspecified atom stereocenters. The second-order valence-corrected chi connectivity index (χ2v) is 14.1. The number of rotatable bonds is 31. The lowest BCUT2D eigenvalue weighted by molar-refractivity contribution is 0.265. The molecule has 0 saturated heterocycles. The second-order valence-electron chi connectivity index (χ2n) is 14.1. The number of unbranched alkanes of at least 4 members (excludes halogenated alkanes) is 15. The molecule has 0 spiro atoms. The lowest BCUT2D eigenvalue weighted by atomic mass is 9.79. The van der Waals surface area contributed by atoms with Gasteiger partial charge in [-0.25, -0.2) is 0 Å². The van der Waals surface area contributed by atoms with Gasteiger partial charge in [0.05, 0.1) is 0 Å². The van der Waals surface area contributed by atoms with Crippen molar-refractivity contribution in [2.75, 3.05) is 0 Å². The summed E-state index contributed by atoms with van der Waals surface area (Å²) in [5.74, 6) is 3.56. The highest BCUT2D eigenvalue weighted by Gasteiger charge is 2.19. The van der Waals surface area contributed by atoms with Gasteiger partial charge in [-0.2, -0.15) is 0 Å². The first-order chi connectivity index (χ1) is 19.5. The Morgan fingerprint density at radius 1 is 0.350 bits per heavy atom. The summed E-state index contributed by atoms with van der Waals surface area (Å²) in [7, 11) is 0. The Morgan fingerprint density at radius 2 is 0.750 bits per heavy atom. The summed E-state index contributed by atoms with van der Waals surface area (Å²) in [6.45, 7) is 14.1. The van der Waals surface area contributed by atoms with Gasteiger partial charge in [0, 0.05) is 0 Å². The Hall–Kier alpha value is -0.520. The molecule has 0 aromatic heterocycles. The molecule has 0 aromatic rings. The Labute approximate surface area is 256 Å². The summed E-state index contributed by atoms with van der Waals surface area (Å²) in [4.78, 5) is 0. The van der Waals surface area contributed by atoms with Crippen LogP contribution in [-0.2, 0) is 0 Å². The van der Waals surface area contributed by atoms with Crippen molar-refractivity contribution in [3.05, 3.63) is 24.3 Å². The van der Waals surface area contributed by atoms with E-state index < -0.39 is 0 Å². The minimum absolute atomic E-state index is 0.871. The first-order valence-corrected chi connectivity index (χ1v) is 18.8. The monoisotopic (exact) mass is 559 g/mol. The molecule has 0 saturated carbocycles. The lowest BCUT2D eigenvalue weighted by Crippen LogP contribution is -2.15. The molecule has 0 aliphatic carbocycles. The summed E-state index contributed by atoms with van der Waals surface area (Å²) in [5, 5.41) is 0. The quantitative estimate of drug-likeness (QED) is 0.0586. The zero-order valence-electron chi connectivity index (χ0n) is 29.0. The largest absolute Gasteiger partial charge is 0.0885 e. The molecule has 0 rings (SSSR count). The highest BCUT2D eigenvalue weighted by Crippen LogP contribution is 2.32. The zero-order chi connectivity index (χ0) is 29.5. The molecule has 238 valence electrons. The molecule has 0 aromatic carbocycles. The van der Waals surface area contributed by atoms with Gasteiger partial charge in [-0.05, 0) is 75.0 Å². The third-order valence-corrected chi connectivity index (χ3v) is 9.05. The number of allylic oxidation sites excluding steroid dienone is 4. The molecular formula is C40H78. The molecule has 40 heavy (non-hydrogen) atoms. The van der Waals surface area contributed by atoms with E-state index >= 15 is 0 Å². The SMILES string of the molecule is CCCCC/C=C\CCC(CCCCCCCC(C)C)C(C/C=C\CCCCC)CCCCCCCCC(C)C. The second kappa shape index (κ2) is 31.4. The van der Waals surface area contributed by atoms with Crippen LogP contribution < -0.4 is 0 Å². The van der Waals surface area contributed by atoms with Gasteiger partial charge >= 0.3 is 0 Å². The van der Waals surface area contributed by atoms with Gasteiger partial charge < -0.3 is 0 Å². The van der Waals surface area contributed by atoms with E-state index in [4.69, 9.17) is 0 Å². The van der Waals surface area contributed by atoms with Gasteiger partial charge in [-0.3, -0.25) is 0 Å². The number of hydrogen-bond donors (Lipinski definition) is 0. The van der Waals surface area contributed by atoms with Crippen LogP contribution in [-0.4, -0.2) is 0 Å². The topological polar surface area (TPSA) is 0 Å². The molecule has 0 nitrogen and oxygen atoms in total. The van der Waals surface area contributed by atoms with E-state index in [-0.39, 0.29) is 0 Å². The average molecular weight is 559 g/mol. The highest BCUT2D eigenvalue weighted by atomic mass is 14.2. The van der Waals surface area contributed by atoms with Crippen LogP contribution in [0.5, 0.6) is 0 Å². The van der Waals surface area contributed by atoms with Gasteiger partial charge in [0.15, 0.2) is 0 Å². The Bertz CT molecular complexity index is 524. The van der Waals surface area contributed by atoms with Gasteiger partial charge in [0.1, 0.15) is 0 Å². The fourth-order valence-electron chi connectivity index (χ4n) is 6.28.